The van der Waals surface area contributed by atoms with Gasteiger partial charge in [0.1, 0.15) is 11.2 Å². The van der Waals surface area contributed by atoms with E-state index in [1.54, 1.807) is 6.20 Å². The minimum absolute atomic E-state index is 0.0795. The third kappa shape index (κ3) is 4.45. The van der Waals surface area contributed by atoms with Crippen molar-refractivity contribution in [3.8, 4) is 0 Å². The minimum Gasteiger partial charge on any atom is -0.351 e. The molecule has 0 saturated heterocycles. The lowest BCUT2D eigenvalue weighted by Gasteiger charge is -2.16. The van der Waals surface area contributed by atoms with Gasteiger partial charge >= 0.3 is 0 Å². The zero-order chi connectivity index (χ0) is 17.6. The lowest BCUT2D eigenvalue weighted by atomic mass is 10.1. The Balaban J connectivity index is 1.56. The van der Waals surface area contributed by atoms with Crippen LogP contribution < -0.4 is 16.2 Å². The highest BCUT2D eigenvalue weighted by atomic mass is 16.2. The molecule has 1 saturated carbocycles. The minimum atomic E-state index is -0.366. The van der Waals surface area contributed by atoms with Gasteiger partial charge in [-0.05, 0) is 37.5 Å². The SMILES string of the molecule is Cc1ccn2c(=O)c(C(=O)NCCNC3CCCCCC3)cnc2c1. The predicted molar refractivity (Wildman–Crippen MR) is 98.0 cm³/mol. The molecule has 2 heterocycles. The fourth-order valence-corrected chi connectivity index (χ4v) is 3.36. The van der Waals surface area contributed by atoms with Crippen molar-refractivity contribution in [3.63, 3.8) is 0 Å². The summed E-state index contributed by atoms with van der Waals surface area (Å²) in [5.41, 5.74) is 1.32. The van der Waals surface area contributed by atoms with Gasteiger partial charge < -0.3 is 10.6 Å². The zero-order valence-corrected chi connectivity index (χ0v) is 14.8. The summed E-state index contributed by atoms with van der Waals surface area (Å²) < 4.78 is 1.41. The van der Waals surface area contributed by atoms with E-state index < -0.39 is 0 Å². The molecule has 1 fully saturated rings. The quantitative estimate of drug-likeness (QED) is 0.644. The maximum atomic E-state index is 12.4. The molecule has 25 heavy (non-hydrogen) atoms. The molecule has 0 radical (unpaired) electrons. The topological polar surface area (TPSA) is 75.5 Å². The molecule has 3 rings (SSSR count). The standard InChI is InChI=1S/C19H26N4O2/c1-14-8-11-23-17(12-14)22-13-16(19(23)25)18(24)21-10-9-20-15-6-4-2-3-5-7-15/h8,11-13,15,20H,2-7,9-10H2,1H3,(H,21,24). The van der Waals surface area contributed by atoms with Gasteiger partial charge in [-0.15, -0.1) is 0 Å². The number of hydrogen-bond donors (Lipinski definition) is 2. The van der Waals surface area contributed by atoms with Crippen LogP contribution in [-0.4, -0.2) is 34.4 Å². The van der Waals surface area contributed by atoms with Crippen LogP contribution in [-0.2, 0) is 0 Å². The van der Waals surface area contributed by atoms with Crippen molar-refractivity contribution in [1.29, 1.82) is 0 Å². The molecular weight excluding hydrogens is 316 g/mol. The van der Waals surface area contributed by atoms with Crippen molar-refractivity contribution in [1.82, 2.24) is 20.0 Å². The highest BCUT2D eigenvalue weighted by Gasteiger charge is 2.14. The van der Waals surface area contributed by atoms with Crippen LogP contribution in [0.25, 0.3) is 5.65 Å². The number of amides is 1. The molecule has 6 heteroatoms. The molecular formula is C19H26N4O2. The maximum Gasteiger partial charge on any atom is 0.270 e. The Morgan fingerprint density at radius 2 is 2.00 bits per heavy atom. The zero-order valence-electron chi connectivity index (χ0n) is 14.8. The number of hydrogen-bond acceptors (Lipinski definition) is 4. The first kappa shape index (κ1) is 17.6. The third-order valence-electron chi connectivity index (χ3n) is 4.81. The number of rotatable bonds is 5. The van der Waals surface area contributed by atoms with Crippen molar-refractivity contribution in [2.45, 2.75) is 51.5 Å². The van der Waals surface area contributed by atoms with Gasteiger partial charge in [0.05, 0.1) is 0 Å². The third-order valence-corrected chi connectivity index (χ3v) is 4.81. The van der Waals surface area contributed by atoms with Gasteiger partial charge in [-0.2, -0.15) is 0 Å². The molecule has 1 aliphatic rings. The van der Waals surface area contributed by atoms with Crippen molar-refractivity contribution in [3.05, 3.63) is 46.0 Å². The average Bonchev–Trinajstić information content (AvgIpc) is 2.87. The van der Waals surface area contributed by atoms with Crippen LogP contribution in [0.5, 0.6) is 0 Å². The molecule has 0 unspecified atom stereocenters. The van der Waals surface area contributed by atoms with E-state index in [4.69, 9.17) is 0 Å². The summed E-state index contributed by atoms with van der Waals surface area (Å²) in [6.45, 7) is 3.16. The molecule has 2 aromatic rings. The van der Waals surface area contributed by atoms with Crippen molar-refractivity contribution >= 4 is 11.6 Å². The highest BCUT2D eigenvalue weighted by Crippen LogP contribution is 2.16. The van der Waals surface area contributed by atoms with Gasteiger partial charge in [0, 0.05) is 31.5 Å². The van der Waals surface area contributed by atoms with Crippen molar-refractivity contribution in [2.75, 3.05) is 13.1 Å². The van der Waals surface area contributed by atoms with E-state index in [-0.39, 0.29) is 17.0 Å². The summed E-state index contributed by atoms with van der Waals surface area (Å²) in [5.74, 6) is -0.366. The van der Waals surface area contributed by atoms with Gasteiger partial charge in [-0.1, -0.05) is 25.7 Å². The van der Waals surface area contributed by atoms with E-state index >= 15 is 0 Å². The summed E-state index contributed by atoms with van der Waals surface area (Å²) in [7, 11) is 0. The van der Waals surface area contributed by atoms with Gasteiger partial charge in [-0.25, -0.2) is 4.98 Å². The average molecular weight is 342 g/mol. The van der Waals surface area contributed by atoms with Crippen LogP contribution in [0.4, 0.5) is 0 Å². The molecule has 2 aromatic heterocycles. The molecule has 2 N–H and O–H groups in total. The van der Waals surface area contributed by atoms with Crippen LogP contribution in [0.1, 0.15) is 54.4 Å². The normalized spacial score (nSPS) is 15.9. The monoisotopic (exact) mass is 342 g/mol. The number of aromatic nitrogens is 2. The summed E-state index contributed by atoms with van der Waals surface area (Å²) in [6, 6.07) is 4.20. The van der Waals surface area contributed by atoms with E-state index in [0.29, 0.717) is 18.2 Å². The van der Waals surface area contributed by atoms with Crippen molar-refractivity contribution in [2.24, 2.45) is 0 Å². The first-order chi connectivity index (χ1) is 12.1. The molecule has 1 aliphatic carbocycles. The molecule has 6 nitrogen and oxygen atoms in total. The van der Waals surface area contributed by atoms with E-state index in [2.05, 4.69) is 15.6 Å². The fraction of sp³-hybridized carbons (Fsp3) is 0.526. The molecule has 0 aromatic carbocycles. The largest absolute Gasteiger partial charge is 0.351 e. The number of nitrogens with zero attached hydrogens (tertiary/aromatic N) is 2. The lowest BCUT2D eigenvalue weighted by molar-refractivity contribution is 0.0951. The predicted octanol–water partition coefficient (Wildman–Crippen LogP) is 2.05. The number of nitrogens with one attached hydrogen (secondary N) is 2. The van der Waals surface area contributed by atoms with E-state index in [9.17, 15) is 9.59 Å². The Morgan fingerprint density at radius 3 is 2.76 bits per heavy atom. The van der Waals surface area contributed by atoms with Crippen molar-refractivity contribution < 1.29 is 4.79 Å². The van der Waals surface area contributed by atoms with Crippen LogP contribution in [0.2, 0.25) is 0 Å². The Morgan fingerprint density at radius 1 is 1.24 bits per heavy atom. The molecule has 0 bridgehead atoms. The van der Waals surface area contributed by atoms with E-state index in [1.807, 2.05) is 19.1 Å². The summed E-state index contributed by atoms with van der Waals surface area (Å²) in [5, 5.41) is 6.32. The smallest absolute Gasteiger partial charge is 0.270 e. The molecule has 1 amide bonds. The highest BCUT2D eigenvalue weighted by molar-refractivity contribution is 5.93. The van der Waals surface area contributed by atoms with Crippen LogP contribution >= 0.6 is 0 Å². The maximum absolute atomic E-state index is 12.4. The number of carbonyl (C=O) groups is 1. The molecule has 0 spiro atoms. The van der Waals surface area contributed by atoms with Gasteiger partial charge in [0.25, 0.3) is 11.5 Å². The summed E-state index contributed by atoms with van der Waals surface area (Å²) in [6.07, 6.45) is 10.7. The van der Waals surface area contributed by atoms with Gasteiger partial charge in [0.2, 0.25) is 0 Å². The number of fused-ring (bicyclic) bond motifs is 1. The van der Waals surface area contributed by atoms with Gasteiger partial charge in [0.15, 0.2) is 0 Å². The molecule has 0 aliphatic heterocycles. The van der Waals surface area contributed by atoms with Crippen LogP contribution in [0.15, 0.2) is 29.3 Å². The summed E-state index contributed by atoms with van der Waals surface area (Å²) >= 11 is 0. The Hall–Kier alpha value is -2.21. The number of carbonyl (C=O) groups excluding carboxylic acids is 1. The second-order valence-corrected chi connectivity index (χ2v) is 6.81. The first-order valence-electron chi connectivity index (χ1n) is 9.15. The van der Waals surface area contributed by atoms with E-state index in [1.165, 1.54) is 49.1 Å². The molecule has 134 valence electrons. The first-order valence-corrected chi connectivity index (χ1v) is 9.15. The Labute approximate surface area is 147 Å². The van der Waals surface area contributed by atoms with Gasteiger partial charge in [-0.3, -0.25) is 14.0 Å². The van der Waals surface area contributed by atoms with Crippen LogP contribution in [0.3, 0.4) is 0 Å². The number of aryl methyl sites for hydroxylation is 1. The molecule has 0 atom stereocenters. The van der Waals surface area contributed by atoms with Crippen LogP contribution in [0, 0.1) is 6.92 Å². The Bertz CT molecular complexity index is 792. The second kappa shape index (κ2) is 8.25. The lowest BCUT2D eigenvalue weighted by Crippen LogP contribution is -2.38. The second-order valence-electron chi connectivity index (χ2n) is 6.81. The van der Waals surface area contributed by atoms with E-state index in [0.717, 1.165) is 12.1 Å². The summed E-state index contributed by atoms with van der Waals surface area (Å²) in [4.78, 5) is 29.0. The fourth-order valence-electron chi connectivity index (χ4n) is 3.36. The number of pyridine rings is 1. The Kier molecular flexibility index (Phi) is 5.81.